The molecule has 4 aromatic rings. The zero-order valence-corrected chi connectivity index (χ0v) is 46.9. The maximum Gasteiger partial charge on any atom is 0.410 e. The molecule has 424 valence electrons. The van der Waals surface area contributed by atoms with Crippen LogP contribution in [-0.4, -0.2) is 115 Å². The molecule has 23 heteroatoms. The Bertz CT molecular complexity index is 2970. The van der Waals surface area contributed by atoms with E-state index in [1.165, 1.54) is 0 Å². The van der Waals surface area contributed by atoms with E-state index in [0.29, 0.717) is 93.7 Å². The number of rotatable bonds is 5. The summed E-state index contributed by atoms with van der Waals surface area (Å²) in [6.45, 7) is 27.1. The predicted octanol–water partition coefficient (Wildman–Crippen LogP) is 8.97. The number of amides is 6. The van der Waals surface area contributed by atoms with Crippen molar-refractivity contribution in [2.45, 2.75) is 190 Å². The molecule has 78 heavy (non-hydrogen) atoms. The normalized spacial score (nSPS) is 21.6. The van der Waals surface area contributed by atoms with E-state index in [-0.39, 0.29) is 72.5 Å². The summed E-state index contributed by atoms with van der Waals surface area (Å²) < 4.78 is 67.6. The molecule has 20 nitrogen and oxygen atoms in total. The van der Waals surface area contributed by atoms with E-state index < -0.39 is 39.5 Å². The molecule has 0 unspecified atom stereocenters. The third kappa shape index (κ3) is 11.9. The third-order valence-electron chi connectivity index (χ3n) is 14.9. The van der Waals surface area contributed by atoms with E-state index in [4.69, 9.17) is 23.0 Å². The van der Waals surface area contributed by atoms with E-state index in [0.717, 1.165) is 47.5 Å². The molecule has 0 saturated carbocycles. The number of carbonyl (C=O) groups is 6. The van der Waals surface area contributed by atoms with Crippen molar-refractivity contribution in [1.82, 2.24) is 30.2 Å². The van der Waals surface area contributed by atoms with Crippen LogP contribution >= 0.6 is 0 Å². The van der Waals surface area contributed by atoms with Crippen molar-refractivity contribution >= 4 is 53.5 Å². The van der Waals surface area contributed by atoms with Crippen LogP contribution in [-0.2, 0) is 74.0 Å². The van der Waals surface area contributed by atoms with Gasteiger partial charge in [-0.25, -0.2) is 22.8 Å². The molecule has 0 N–H and O–H groups in total. The zero-order chi connectivity index (χ0) is 57.1. The molecular formula is C55H72F3N9O11. The molecule has 3 aromatic heterocycles. The lowest BCUT2D eigenvalue weighted by atomic mass is 9.92. The first-order chi connectivity index (χ1) is 36.3. The summed E-state index contributed by atoms with van der Waals surface area (Å²) in [4.78, 5) is 84.9. The van der Waals surface area contributed by atoms with Gasteiger partial charge in [0, 0.05) is 74.3 Å². The maximum absolute atomic E-state index is 13.5. The molecular weight excluding hydrogens is 1020 g/mol. The number of halogens is 3. The van der Waals surface area contributed by atoms with Crippen molar-refractivity contribution in [3.8, 4) is 0 Å². The lowest BCUT2D eigenvalue weighted by Gasteiger charge is -2.34. The number of anilines is 3. The van der Waals surface area contributed by atoms with Gasteiger partial charge in [-0.3, -0.25) is 33.9 Å². The second-order valence-corrected chi connectivity index (χ2v) is 24.5. The lowest BCUT2D eigenvalue weighted by molar-refractivity contribution is -0.133. The number of benzene rings is 1. The predicted molar refractivity (Wildman–Crippen MR) is 276 cm³/mol. The molecule has 3 saturated heterocycles. The highest BCUT2D eigenvalue weighted by Gasteiger charge is 2.46. The number of carbonyl (C=O) groups excluding carboxylic acids is 6. The zero-order valence-electron chi connectivity index (χ0n) is 46.9. The maximum atomic E-state index is 13.5. The van der Waals surface area contributed by atoms with Crippen LogP contribution in [0.2, 0.25) is 0 Å². The minimum atomic E-state index is -1.56. The van der Waals surface area contributed by atoms with Crippen molar-refractivity contribution in [3.05, 3.63) is 68.9 Å². The number of hydrogen-bond acceptors (Lipinski definition) is 14. The summed E-state index contributed by atoms with van der Waals surface area (Å²) in [7, 11) is 0. The van der Waals surface area contributed by atoms with Crippen LogP contribution in [0.25, 0.3) is 0 Å². The van der Waals surface area contributed by atoms with Crippen LogP contribution in [0.15, 0.2) is 25.7 Å². The van der Waals surface area contributed by atoms with E-state index in [9.17, 15) is 41.9 Å². The van der Waals surface area contributed by atoms with Crippen molar-refractivity contribution in [3.63, 3.8) is 0 Å². The molecule has 6 amide bonds. The van der Waals surface area contributed by atoms with Crippen LogP contribution in [0, 0.1) is 28.3 Å². The molecule has 0 radical (unpaired) electrons. The Hall–Kier alpha value is -6.94. The Morgan fingerprint density at radius 2 is 0.974 bits per heavy atom. The van der Waals surface area contributed by atoms with Gasteiger partial charge in [-0.1, -0.05) is 43.2 Å². The van der Waals surface area contributed by atoms with Gasteiger partial charge >= 0.3 is 12.2 Å². The molecule has 0 aliphatic carbocycles. The van der Waals surface area contributed by atoms with Crippen LogP contribution in [0.4, 0.5) is 40.4 Å². The van der Waals surface area contributed by atoms with Gasteiger partial charge < -0.3 is 37.7 Å². The van der Waals surface area contributed by atoms with Gasteiger partial charge in [0.25, 0.3) is 0 Å². The monoisotopic (exact) mass is 1090 g/mol. The first-order valence-corrected chi connectivity index (χ1v) is 26.6. The third-order valence-corrected chi connectivity index (χ3v) is 14.9. The first-order valence-electron chi connectivity index (χ1n) is 26.6. The molecule has 0 spiro atoms. The average Bonchev–Trinajstić information content (AvgIpc) is 4.26. The van der Waals surface area contributed by atoms with Crippen molar-refractivity contribution in [2.24, 2.45) is 10.8 Å². The molecule has 1 aromatic carbocycles. The number of hydrogen-bond donors (Lipinski definition) is 0. The number of ether oxygens (including phenoxy) is 2. The fourth-order valence-corrected chi connectivity index (χ4v) is 10.4. The quantitative estimate of drug-likeness (QED) is 0.170. The van der Waals surface area contributed by atoms with E-state index in [2.05, 4.69) is 15.5 Å². The number of nitrogens with zero attached hydrogens (tertiary/aromatic N) is 9. The Balaban J connectivity index is 0.000000156. The minimum absolute atomic E-state index is 0.0235. The summed E-state index contributed by atoms with van der Waals surface area (Å²) in [5.41, 5.74) is 2.72. The molecule has 10 rings (SSSR count). The molecule has 3 fully saturated rings. The highest BCUT2D eigenvalue weighted by molar-refractivity contribution is 6.00. The standard InChI is InChI=1S/C21H22F3N3O3.C18H27N3O4.C16H23N3O4/c1-11-6-16-13(19(30-25-16)26-5-4-21(2,3)20(26)29)10-27(11)17(28)9-12-7-14(22)18(24)15(23)8-12;1-11-9-13-12(10-21(11)16(23)24-17(2,3)4)14(25-19-13)20-8-7-18(5,6)15(20)22;1-10-8-12-11(9-19(10)15(21)22-16(2,3)4)14(23-17-12)18-7-5-6-13(18)20/h7-8,11H,4-6,9-10H2,1-3H3;11H,7-10H2,1-6H3;10H,5-9H2,1-4H3/t2*11-;10-/m000/s1. The van der Waals surface area contributed by atoms with Crippen molar-refractivity contribution in [2.75, 3.05) is 34.3 Å². The van der Waals surface area contributed by atoms with E-state index >= 15 is 0 Å². The summed E-state index contributed by atoms with van der Waals surface area (Å²) >= 11 is 0. The number of fused-ring (bicyclic) bond motifs is 3. The van der Waals surface area contributed by atoms with Crippen LogP contribution in [0.1, 0.15) is 155 Å². The topological polar surface area (TPSA) is 218 Å². The summed E-state index contributed by atoms with van der Waals surface area (Å²) in [5.74, 6) is -3.24. The minimum Gasteiger partial charge on any atom is -0.444 e. The van der Waals surface area contributed by atoms with E-state index in [1.807, 2.05) is 90.0 Å². The molecule has 6 aliphatic heterocycles. The van der Waals surface area contributed by atoms with Gasteiger partial charge in [0.1, 0.15) is 11.2 Å². The van der Waals surface area contributed by atoms with Gasteiger partial charge in [0.2, 0.25) is 41.3 Å². The highest BCUT2D eigenvalue weighted by Crippen LogP contribution is 2.41. The molecule has 6 aliphatic rings. The van der Waals surface area contributed by atoms with Crippen LogP contribution < -0.4 is 14.7 Å². The summed E-state index contributed by atoms with van der Waals surface area (Å²) in [6, 6.07) is 1.37. The number of aromatic nitrogens is 3. The van der Waals surface area contributed by atoms with Gasteiger partial charge in [-0.05, 0) is 99.3 Å². The van der Waals surface area contributed by atoms with Gasteiger partial charge in [0.05, 0.1) is 59.8 Å². The van der Waals surface area contributed by atoms with Gasteiger partial charge in [-0.15, -0.1) is 0 Å². The largest absolute Gasteiger partial charge is 0.444 e. The van der Waals surface area contributed by atoms with Crippen molar-refractivity contribution < 1.29 is 65.0 Å². The van der Waals surface area contributed by atoms with Crippen LogP contribution in [0.5, 0.6) is 0 Å². The second kappa shape index (κ2) is 21.4. The van der Waals surface area contributed by atoms with Gasteiger partial charge in [0.15, 0.2) is 17.5 Å². The Morgan fingerprint density at radius 1 is 0.603 bits per heavy atom. The lowest BCUT2D eigenvalue weighted by Crippen LogP contribution is -2.45. The molecule has 0 bridgehead atoms. The SMILES string of the molecule is C[C@H]1Cc2noc(N3CCC(C)(C)C3=O)c2CN1C(=O)Cc1cc(F)c(F)c(F)c1.C[C@H]1Cc2noc(N3CCC(C)(C)C3=O)c2CN1C(=O)OC(C)(C)C.C[C@H]1Cc2noc(N3CCCC3=O)c2CN1C(=O)OC(C)(C)C. The Morgan fingerprint density at radius 3 is 1.32 bits per heavy atom. The Kier molecular flexibility index (Phi) is 15.7. The fourth-order valence-electron chi connectivity index (χ4n) is 10.4. The van der Waals surface area contributed by atoms with Gasteiger partial charge in [-0.2, -0.15) is 0 Å². The molecule has 3 atom stereocenters. The fraction of sp³-hybridized carbons (Fsp3) is 0.618. The van der Waals surface area contributed by atoms with Crippen LogP contribution in [0.3, 0.4) is 0 Å². The molecule has 9 heterocycles. The van der Waals surface area contributed by atoms with E-state index in [1.54, 1.807) is 29.4 Å². The highest BCUT2D eigenvalue weighted by atomic mass is 19.2. The average molecular weight is 1090 g/mol. The Labute approximate surface area is 451 Å². The summed E-state index contributed by atoms with van der Waals surface area (Å²) in [6.07, 6.45) is 3.44. The smallest absolute Gasteiger partial charge is 0.410 e. The first kappa shape index (κ1) is 57.2. The second-order valence-electron chi connectivity index (χ2n) is 24.5. The van der Waals surface area contributed by atoms with Crippen molar-refractivity contribution in [1.29, 1.82) is 0 Å². The summed E-state index contributed by atoms with van der Waals surface area (Å²) in [5, 5.41) is 12.4.